The van der Waals surface area contributed by atoms with E-state index in [4.69, 9.17) is 0 Å². The van der Waals surface area contributed by atoms with E-state index in [2.05, 4.69) is 10.3 Å². The summed E-state index contributed by atoms with van der Waals surface area (Å²) in [4.78, 5) is 27.0. The van der Waals surface area contributed by atoms with Crippen LogP contribution in [0.4, 0.5) is 26.3 Å². The van der Waals surface area contributed by atoms with Crippen molar-refractivity contribution < 1.29 is 46.1 Å². The Bertz CT molecular complexity index is 984. The third-order valence-corrected chi connectivity index (χ3v) is 4.92. The molecule has 2 atom stereocenters. The van der Waals surface area contributed by atoms with E-state index in [1.165, 1.54) is 10.8 Å². The molecule has 0 aliphatic heterocycles. The lowest BCUT2D eigenvalue weighted by atomic mass is 10.0. The largest absolute Gasteiger partial charge is 0.480 e. The van der Waals surface area contributed by atoms with Gasteiger partial charge in [0.05, 0.1) is 17.5 Å². The molecule has 13 heteroatoms. The number of carboxylic acids is 2. The molecule has 0 saturated heterocycles. The van der Waals surface area contributed by atoms with Crippen LogP contribution in [0.2, 0.25) is 0 Å². The van der Waals surface area contributed by atoms with Gasteiger partial charge in [0.2, 0.25) is 0 Å². The zero-order chi connectivity index (χ0) is 25.8. The molecule has 1 heterocycles. The third kappa shape index (κ3) is 7.47. The highest BCUT2D eigenvalue weighted by molar-refractivity contribution is 5.77. The number of aliphatic carboxylic acids is 2. The summed E-state index contributed by atoms with van der Waals surface area (Å²) >= 11 is 0. The van der Waals surface area contributed by atoms with Gasteiger partial charge >= 0.3 is 24.3 Å². The predicted octanol–water partition coefficient (Wildman–Crippen LogP) is 4.05. The van der Waals surface area contributed by atoms with Gasteiger partial charge in [0.25, 0.3) is 0 Å². The Labute approximate surface area is 190 Å². The molecule has 0 amide bonds. The highest BCUT2D eigenvalue weighted by Gasteiger charge is 2.37. The molecule has 1 aromatic heterocycles. The zero-order valence-electron chi connectivity index (χ0n) is 18.1. The number of carboxylic acid groups (broad SMARTS) is 2. The Morgan fingerprint density at radius 3 is 1.94 bits per heavy atom. The van der Waals surface area contributed by atoms with Crippen molar-refractivity contribution >= 4 is 11.9 Å². The number of hydrogen-bond donors (Lipinski definition) is 3. The second kappa shape index (κ2) is 10.5. The van der Waals surface area contributed by atoms with E-state index >= 15 is 0 Å². The minimum Gasteiger partial charge on any atom is -0.480 e. The maximum absolute atomic E-state index is 13.1. The quantitative estimate of drug-likeness (QED) is 0.430. The number of nitrogens with one attached hydrogen (secondary N) is 1. The molecule has 0 aliphatic rings. The molecule has 7 nitrogen and oxygen atoms in total. The van der Waals surface area contributed by atoms with Crippen molar-refractivity contribution in [2.24, 2.45) is 5.92 Å². The fourth-order valence-electron chi connectivity index (χ4n) is 3.35. The topological polar surface area (TPSA) is 104 Å². The number of imidazole rings is 1. The van der Waals surface area contributed by atoms with E-state index in [1.807, 2.05) is 0 Å². The van der Waals surface area contributed by atoms with E-state index in [9.17, 15) is 46.1 Å². The lowest BCUT2D eigenvalue weighted by molar-refractivity contribution is -0.144. The van der Waals surface area contributed by atoms with Crippen LogP contribution in [0.1, 0.15) is 42.7 Å². The number of nitrogens with zero attached hydrogens (tertiary/aromatic N) is 2. The average molecular weight is 495 g/mol. The first-order valence-corrected chi connectivity index (χ1v) is 10.1. The summed E-state index contributed by atoms with van der Waals surface area (Å²) in [5.41, 5.74) is -3.08. The molecule has 2 aromatic rings. The minimum atomic E-state index is -5.01. The molecular weight excluding hydrogens is 472 g/mol. The van der Waals surface area contributed by atoms with Gasteiger partial charge in [-0.15, -0.1) is 0 Å². The van der Waals surface area contributed by atoms with Crippen LogP contribution in [0.15, 0.2) is 30.7 Å². The van der Waals surface area contributed by atoms with E-state index in [0.717, 1.165) is 6.33 Å². The SMILES string of the molecule is CC(C)CC(NC(Cc1cncn1Cc1cc(C(F)(F)F)cc(C(F)(F)F)c1)C(=O)O)C(=O)O. The molecule has 2 unspecified atom stereocenters. The summed E-state index contributed by atoms with van der Waals surface area (Å²) in [5, 5.41) is 21.4. The van der Waals surface area contributed by atoms with Crippen LogP contribution >= 0.6 is 0 Å². The second-order valence-electron chi connectivity index (χ2n) is 8.21. The summed E-state index contributed by atoms with van der Waals surface area (Å²) < 4.78 is 80.0. The Balaban J connectivity index is 2.33. The molecule has 1 aromatic carbocycles. The van der Waals surface area contributed by atoms with E-state index in [-0.39, 0.29) is 36.1 Å². The number of carbonyl (C=O) groups is 2. The monoisotopic (exact) mass is 495 g/mol. The van der Waals surface area contributed by atoms with Gasteiger partial charge < -0.3 is 14.8 Å². The van der Waals surface area contributed by atoms with Crippen molar-refractivity contribution in [1.29, 1.82) is 0 Å². The Morgan fingerprint density at radius 1 is 0.971 bits per heavy atom. The van der Waals surface area contributed by atoms with E-state index < -0.39 is 54.0 Å². The predicted molar refractivity (Wildman–Crippen MR) is 107 cm³/mol. The molecule has 0 aliphatic carbocycles. The van der Waals surface area contributed by atoms with Gasteiger partial charge in [0.1, 0.15) is 12.1 Å². The van der Waals surface area contributed by atoms with Gasteiger partial charge in [0.15, 0.2) is 0 Å². The average Bonchev–Trinajstić information content (AvgIpc) is 3.11. The molecule has 188 valence electrons. The zero-order valence-corrected chi connectivity index (χ0v) is 18.1. The van der Waals surface area contributed by atoms with Crippen molar-refractivity contribution in [3.05, 3.63) is 53.1 Å². The molecule has 34 heavy (non-hydrogen) atoms. The smallest absolute Gasteiger partial charge is 0.416 e. The molecular formula is C21H23F6N3O4. The van der Waals surface area contributed by atoms with Crippen LogP contribution in [0.3, 0.4) is 0 Å². The van der Waals surface area contributed by atoms with Crippen molar-refractivity contribution in [3.63, 3.8) is 0 Å². The first kappa shape index (κ1) is 27.2. The van der Waals surface area contributed by atoms with Gasteiger partial charge in [-0.05, 0) is 36.1 Å². The van der Waals surface area contributed by atoms with Crippen molar-refractivity contribution in [2.75, 3.05) is 0 Å². The molecule has 0 spiro atoms. The second-order valence-corrected chi connectivity index (χ2v) is 8.21. The Hall–Kier alpha value is -3.09. The lowest BCUT2D eigenvalue weighted by Crippen LogP contribution is -2.49. The maximum atomic E-state index is 13.1. The number of benzene rings is 1. The highest BCUT2D eigenvalue weighted by atomic mass is 19.4. The Kier molecular flexibility index (Phi) is 8.35. The molecule has 2 rings (SSSR count). The number of alkyl halides is 6. The normalized spacial score (nSPS) is 14.3. The first-order chi connectivity index (χ1) is 15.6. The first-order valence-electron chi connectivity index (χ1n) is 10.1. The number of rotatable bonds is 10. The maximum Gasteiger partial charge on any atom is 0.416 e. The summed E-state index contributed by atoms with van der Waals surface area (Å²) in [6, 6.07) is -1.38. The van der Waals surface area contributed by atoms with Crippen LogP contribution in [-0.2, 0) is 34.9 Å². The minimum absolute atomic E-state index is 0.0173. The van der Waals surface area contributed by atoms with Gasteiger partial charge in [-0.1, -0.05) is 13.8 Å². The van der Waals surface area contributed by atoms with Crippen LogP contribution in [-0.4, -0.2) is 43.8 Å². The molecule has 0 radical (unpaired) electrons. The lowest BCUT2D eigenvalue weighted by Gasteiger charge is -2.22. The van der Waals surface area contributed by atoms with E-state index in [1.54, 1.807) is 13.8 Å². The van der Waals surface area contributed by atoms with Crippen molar-refractivity contribution in [3.8, 4) is 0 Å². The van der Waals surface area contributed by atoms with Crippen molar-refractivity contribution in [1.82, 2.24) is 14.9 Å². The third-order valence-electron chi connectivity index (χ3n) is 4.92. The number of halogens is 6. The summed E-state index contributed by atoms with van der Waals surface area (Å²) in [7, 11) is 0. The van der Waals surface area contributed by atoms with Crippen LogP contribution in [0.5, 0.6) is 0 Å². The van der Waals surface area contributed by atoms with Crippen molar-refractivity contribution in [2.45, 2.75) is 57.7 Å². The standard InChI is InChI=1S/C21H23F6N3O4/c1-11(2)3-16(18(31)32)29-17(19(33)34)7-15-8-28-10-30(15)9-12-4-13(20(22,23)24)6-14(5-12)21(25,26)27/h4-6,8,10-11,16-17,29H,3,7,9H2,1-2H3,(H,31,32)(H,33,34). The Morgan fingerprint density at radius 2 is 1.50 bits per heavy atom. The molecule has 0 saturated carbocycles. The summed E-state index contributed by atoms with van der Waals surface area (Å²) in [5.74, 6) is -2.68. The van der Waals surface area contributed by atoms with E-state index in [0.29, 0.717) is 12.1 Å². The van der Waals surface area contributed by atoms with Crippen LogP contribution < -0.4 is 5.32 Å². The fourth-order valence-corrected chi connectivity index (χ4v) is 3.35. The van der Waals surface area contributed by atoms with Crippen LogP contribution in [0.25, 0.3) is 0 Å². The summed E-state index contributed by atoms with van der Waals surface area (Å²) in [6.07, 6.45) is -7.81. The van der Waals surface area contributed by atoms with Gasteiger partial charge in [0, 0.05) is 24.9 Å². The molecule has 3 N–H and O–H groups in total. The van der Waals surface area contributed by atoms with Gasteiger partial charge in [-0.25, -0.2) is 4.98 Å². The number of hydrogen-bond acceptors (Lipinski definition) is 4. The molecule has 0 bridgehead atoms. The highest BCUT2D eigenvalue weighted by Crippen LogP contribution is 2.36. The van der Waals surface area contributed by atoms with Crippen LogP contribution in [0, 0.1) is 5.92 Å². The van der Waals surface area contributed by atoms with Gasteiger partial charge in [-0.3, -0.25) is 14.9 Å². The number of aromatic nitrogens is 2. The fraction of sp³-hybridized carbons (Fsp3) is 0.476. The van der Waals surface area contributed by atoms with Gasteiger partial charge in [-0.2, -0.15) is 26.3 Å². The molecule has 0 fully saturated rings. The summed E-state index contributed by atoms with van der Waals surface area (Å²) in [6.45, 7) is 3.07.